The standard InChI is InChI=1S/C19H31N3O/c1-14-9-15(2)12-22(11-14)13-16(3)21-19(23)10-18(20)17-7-5-4-6-8-17/h4-8,14-16,18H,9-13,20H2,1-3H3,(H,21,23). The lowest BCUT2D eigenvalue weighted by molar-refractivity contribution is -0.122. The number of carbonyl (C=O) groups excluding carboxylic acids is 1. The summed E-state index contributed by atoms with van der Waals surface area (Å²) in [6.45, 7) is 9.88. The fourth-order valence-corrected chi connectivity index (χ4v) is 3.73. The largest absolute Gasteiger partial charge is 0.352 e. The maximum Gasteiger partial charge on any atom is 0.222 e. The van der Waals surface area contributed by atoms with E-state index in [2.05, 4.69) is 31.0 Å². The number of carbonyl (C=O) groups is 1. The number of nitrogens with one attached hydrogen (secondary N) is 1. The maximum atomic E-state index is 12.2. The Morgan fingerprint density at radius 3 is 2.48 bits per heavy atom. The highest BCUT2D eigenvalue weighted by Gasteiger charge is 2.23. The second kappa shape index (κ2) is 8.46. The summed E-state index contributed by atoms with van der Waals surface area (Å²) in [5.74, 6) is 1.52. The van der Waals surface area contributed by atoms with Crippen LogP contribution in [-0.4, -0.2) is 36.5 Å². The van der Waals surface area contributed by atoms with E-state index in [9.17, 15) is 4.79 Å². The van der Waals surface area contributed by atoms with E-state index < -0.39 is 0 Å². The lowest BCUT2D eigenvalue weighted by Gasteiger charge is -2.36. The van der Waals surface area contributed by atoms with Gasteiger partial charge in [0, 0.05) is 38.1 Å². The van der Waals surface area contributed by atoms with Crippen molar-refractivity contribution in [2.45, 2.75) is 45.7 Å². The minimum Gasteiger partial charge on any atom is -0.352 e. The number of nitrogens with two attached hydrogens (primary N) is 1. The number of benzene rings is 1. The number of likely N-dealkylation sites (tertiary alicyclic amines) is 1. The van der Waals surface area contributed by atoms with Gasteiger partial charge in [0.05, 0.1) is 0 Å². The molecule has 4 atom stereocenters. The number of hydrogen-bond acceptors (Lipinski definition) is 3. The van der Waals surface area contributed by atoms with Crippen LogP contribution in [0.25, 0.3) is 0 Å². The predicted molar refractivity (Wildman–Crippen MR) is 95.0 cm³/mol. The molecule has 1 heterocycles. The van der Waals surface area contributed by atoms with Crippen molar-refractivity contribution in [1.29, 1.82) is 0 Å². The average Bonchev–Trinajstić information content (AvgIpc) is 2.46. The molecule has 0 aliphatic carbocycles. The van der Waals surface area contributed by atoms with Gasteiger partial charge in [0.15, 0.2) is 0 Å². The van der Waals surface area contributed by atoms with Crippen LogP contribution in [0, 0.1) is 11.8 Å². The van der Waals surface area contributed by atoms with Gasteiger partial charge in [0.25, 0.3) is 0 Å². The van der Waals surface area contributed by atoms with Gasteiger partial charge in [-0.1, -0.05) is 44.2 Å². The molecule has 4 unspecified atom stereocenters. The zero-order chi connectivity index (χ0) is 16.8. The van der Waals surface area contributed by atoms with Crippen molar-refractivity contribution in [3.05, 3.63) is 35.9 Å². The van der Waals surface area contributed by atoms with Gasteiger partial charge in [0.2, 0.25) is 5.91 Å². The van der Waals surface area contributed by atoms with Crippen molar-refractivity contribution >= 4 is 5.91 Å². The van der Waals surface area contributed by atoms with Crippen LogP contribution in [-0.2, 0) is 4.79 Å². The Bertz CT molecular complexity index is 481. The smallest absolute Gasteiger partial charge is 0.222 e. The molecule has 1 aliphatic rings. The van der Waals surface area contributed by atoms with Crippen LogP contribution in [0.15, 0.2) is 30.3 Å². The molecule has 3 N–H and O–H groups in total. The summed E-state index contributed by atoms with van der Waals surface area (Å²) >= 11 is 0. The minimum absolute atomic E-state index is 0.0342. The monoisotopic (exact) mass is 317 g/mol. The molecule has 23 heavy (non-hydrogen) atoms. The topological polar surface area (TPSA) is 58.4 Å². The highest BCUT2D eigenvalue weighted by Crippen LogP contribution is 2.21. The van der Waals surface area contributed by atoms with E-state index in [1.54, 1.807) is 0 Å². The maximum absolute atomic E-state index is 12.2. The summed E-state index contributed by atoms with van der Waals surface area (Å²) < 4.78 is 0. The van der Waals surface area contributed by atoms with Crippen molar-refractivity contribution < 1.29 is 4.79 Å². The fraction of sp³-hybridized carbons (Fsp3) is 0.632. The SMILES string of the molecule is CC1CC(C)CN(CC(C)NC(=O)CC(N)c2ccccc2)C1. The molecule has 1 aliphatic heterocycles. The van der Waals surface area contributed by atoms with Crippen LogP contribution >= 0.6 is 0 Å². The van der Waals surface area contributed by atoms with Crippen molar-refractivity contribution in [3.8, 4) is 0 Å². The highest BCUT2D eigenvalue weighted by molar-refractivity contribution is 5.77. The molecule has 1 aromatic rings. The lowest BCUT2D eigenvalue weighted by Crippen LogP contribution is -2.47. The summed E-state index contributed by atoms with van der Waals surface area (Å²) in [6, 6.07) is 9.72. The lowest BCUT2D eigenvalue weighted by atomic mass is 9.92. The first kappa shape index (κ1) is 18.0. The number of hydrogen-bond donors (Lipinski definition) is 2. The highest BCUT2D eigenvalue weighted by atomic mass is 16.1. The van der Waals surface area contributed by atoms with Crippen molar-refractivity contribution in [1.82, 2.24) is 10.2 Å². The van der Waals surface area contributed by atoms with Crippen molar-refractivity contribution in [2.75, 3.05) is 19.6 Å². The Hall–Kier alpha value is -1.39. The predicted octanol–water partition coefficient (Wildman–Crippen LogP) is 2.56. The Kier molecular flexibility index (Phi) is 6.60. The molecule has 1 saturated heterocycles. The quantitative estimate of drug-likeness (QED) is 0.848. The summed E-state index contributed by atoms with van der Waals surface area (Å²) in [5.41, 5.74) is 7.13. The van der Waals surface area contributed by atoms with Gasteiger partial charge in [-0.3, -0.25) is 4.79 Å². The van der Waals surface area contributed by atoms with Gasteiger partial charge in [-0.25, -0.2) is 0 Å². The summed E-state index contributed by atoms with van der Waals surface area (Å²) in [6.07, 6.45) is 1.64. The van der Waals surface area contributed by atoms with E-state index in [0.717, 1.165) is 37.0 Å². The molecule has 0 aromatic heterocycles. The minimum atomic E-state index is -0.238. The number of piperidine rings is 1. The molecular formula is C19H31N3O. The first-order valence-electron chi connectivity index (χ1n) is 8.76. The van der Waals surface area contributed by atoms with Gasteiger partial charge >= 0.3 is 0 Å². The molecule has 0 spiro atoms. The zero-order valence-corrected chi connectivity index (χ0v) is 14.7. The van der Waals surface area contributed by atoms with Crippen LogP contribution in [0.5, 0.6) is 0 Å². The average molecular weight is 317 g/mol. The molecule has 128 valence electrons. The summed E-state index contributed by atoms with van der Waals surface area (Å²) in [7, 11) is 0. The fourth-order valence-electron chi connectivity index (χ4n) is 3.73. The van der Waals surface area contributed by atoms with E-state index in [-0.39, 0.29) is 18.0 Å². The van der Waals surface area contributed by atoms with Gasteiger partial charge in [0.1, 0.15) is 0 Å². The Morgan fingerprint density at radius 1 is 1.26 bits per heavy atom. The third kappa shape index (κ3) is 5.96. The van der Waals surface area contributed by atoms with Crippen LogP contribution in [0.4, 0.5) is 0 Å². The summed E-state index contributed by atoms with van der Waals surface area (Å²) in [5, 5.41) is 3.10. The molecule has 2 rings (SSSR count). The van der Waals surface area contributed by atoms with E-state index in [0.29, 0.717) is 6.42 Å². The molecule has 0 bridgehead atoms. The van der Waals surface area contributed by atoms with Crippen molar-refractivity contribution in [3.63, 3.8) is 0 Å². The number of amides is 1. The van der Waals surface area contributed by atoms with E-state index in [1.807, 2.05) is 30.3 Å². The van der Waals surface area contributed by atoms with Crippen LogP contribution in [0.1, 0.15) is 45.2 Å². The van der Waals surface area contributed by atoms with E-state index in [4.69, 9.17) is 5.73 Å². The van der Waals surface area contributed by atoms with Crippen LogP contribution in [0.3, 0.4) is 0 Å². The van der Waals surface area contributed by atoms with Crippen molar-refractivity contribution in [2.24, 2.45) is 17.6 Å². The molecule has 1 fully saturated rings. The van der Waals surface area contributed by atoms with E-state index >= 15 is 0 Å². The number of rotatable bonds is 6. The Morgan fingerprint density at radius 2 is 1.87 bits per heavy atom. The Balaban J connectivity index is 1.76. The second-order valence-electron chi connectivity index (χ2n) is 7.35. The van der Waals surface area contributed by atoms with Crippen LogP contribution in [0.2, 0.25) is 0 Å². The van der Waals surface area contributed by atoms with Gasteiger partial charge in [-0.2, -0.15) is 0 Å². The second-order valence-corrected chi connectivity index (χ2v) is 7.35. The van der Waals surface area contributed by atoms with Crippen LogP contribution < -0.4 is 11.1 Å². The molecule has 1 amide bonds. The molecule has 1 aromatic carbocycles. The van der Waals surface area contributed by atoms with Gasteiger partial charge < -0.3 is 16.0 Å². The van der Waals surface area contributed by atoms with E-state index in [1.165, 1.54) is 6.42 Å². The summed E-state index contributed by atoms with van der Waals surface area (Å²) in [4.78, 5) is 14.7. The molecule has 4 heteroatoms. The molecule has 0 radical (unpaired) electrons. The molecular weight excluding hydrogens is 286 g/mol. The van der Waals surface area contributed by atoms with Gasteiger partial charge in [-0.05, 0) is 30.7 Å². The Labute approximate surface area is 140 Å². The molecule has 0 saturated carbocycles. The van der Waals surface area contributed by atoms with Gasteiger partial charge in [-0.15, -0.1) is 0 Å². The number of nitrogens with zero attached hydrogens (tertiary/aromatic N) is 1. The first-order valence-corrected chi connectivity index (χ1v) is 8.76. The first-order chi connectivity index (χ1) is 10.9. The third-order valence-electron chi connectivity index (χ3n) is 4.52. The third-order valence-corrected chi connectivity index (χ3v) is 4.52. The zero-order valence-electron chi connectivity index (χ0n) is 14.7. The normalized spacial score (nSPS) is 24.9. The molecule has 4 nitrogen and oxygen atoms in total.